The number of hydrogen-bond donors (Lipinski definition) is 1. The van der Waals surface area contributed by atoms with Crippen molar-refractivity contribution in [2.45, 2.75) is 52.4 Å². The van der Waals surface area contributed by atoms with Crippen molar-refractivity contribution >= 4 is 5.78 Å². The summed E-state index contributed by atoms with van der Waals surface area (Å²) in [5.74, 6) is 0.851. The quantitative estimate of drug-likeness (QED) is 0.656. The summed E-state index contributed by atoms with van der Waals surface area (Å²) < 4.78 is 0. The molecular weight excluding hydrogens is 212 g/mol. The lowest BCUT2D eigenvalue weighted by Gasteiger charge is -2.00. The molecule has 0 spiro atoms. The second kappa shape index (κ2) is 7.44. The standard InChI is InChI=1S/C15H24O2/c1-12(5-3-7-13(2)11-16)6-4-8-15(17)14-9-10-14/h6-7,14,16H,3-5,8-11H2,1-2H3/b12-6+,13-7-. The van der Waals surface area contributed by atoms with Crippen molar-refractivity contribution in [3.8, 4) is 0 Å². The van der Waals surface area contributed by atoms with Gasteiger partial charge in [0.05, 0.1) is 6.61 Å². The molecule has 0 heterocycles. The van der Waals surface area contributed by atoms with E-state index in [1.54, 1.807) is 0 Å². The van der Waals surface area contributed by atoms with E-state index in [9.17, 15) is 4.79 Å². The SMILES string of the molecule is C/C(=C/CC/C(C)=C/CCC(=O)C1CC1)CO. The molecule has 1 aliphatic carbocycles. The van der Waals surface area contributed by atoms with Gasteiger partial charge in [-0.05, 0) is 46.0 Å². The first-order chi connectivity index (χ1) is 8.13. The molecule has 0 bridgehead atoms. The number of ketones is 1. The first-order valence-corrected chi connectivity index (χ1v) is 6.58. The van der Waals surface area contributed by atoms with Gasteiger partial charge >= 0.3 is 0 Å². The molecule has 0 radical (unpaired) electrons. The zero-order valence-corrected chi connectivity index (χ0v) is 11.0. The molecule has 0 amide bonds. The molecule has 0 saturated heterocycles. The molecule has 0 atom stereocenters. The van der Waals surface area contributed by atoms with Crippen molar-refractivity contribution in [3.05, 3.63) is 23.3 Å². The van der Waals surface area contributed by atoms with Crippen LogP contribution in [0.2, 0.25) is 0 Å². The van der Waals surface area contributed by atoms with E-state index >= 15 is 0 Å². The third-order valence-electron chi connectivity index (χ3n) is 3.20. The summed E-state index contributed by atoms with van der Waals surface area (Å²) in [5, 5.41) is 8.84. The van der Waals surface area contributed by atoms with Crippen LogP contribution in [-0.4, -0.2) is 17.5 Å². The number of carbonyl (C=O) groups excluding carboxylic acids is 1. The topological polar surface area (TPSA) is 37.3 Å². The highest BCUT2D eigenvalue weighted by atomic mass is 16.3. The van der Waals surface area contributed by atoms with Gasteiger partial charge in [-0.2, -0.15) is 0 Å². The molecule has 2 heteroatoms. The smallest absolute Gasteiger partial charge is 0.136 e. The van der Waals surface area contributed by atoms with Gasteiger partial charge in [0, 0.05) is 12.3 Å². The number of allylic oxidation sites excluding steroid dienone is 3. The van der Waals surface area contributed by atoms with Gasteiger partial charge in [-0.15, -0.1) is 0 Å². The lowest BCUT2D eigenvalue weighted by molar-refractivity contribution is -0.120. The minimum Gasteiger partial charge on any atom is -0.392 e. The van der Waals surface area contributed by atoms with E-state index in [1.807, 2.05) is 6.92 Å². The van der Waals surface area contributed by atoms with Crippen LogP contribution in [0.5, 0.6) is 0 Å². The normalized spacial score (nSPS) is 17.4. The minimum atomic E-state index is 0.151. The molecule has 1 rings (SSSR count). The number of rotatable bonds is 8. The monoisotopic (exact) mass is 236 g/mol. The molecule has 1 fully saturated rings. The molecule has 0 aliphatic heterocycles. The molecule has 0 aromatic heterocycles. The second-order valence-electron chi connectivity index (χ2n) is 5.08. The summed E-state index contributed by atoms with van der Waals surface area (Å²) in [6.45, 7) is 4.20. The van der Waals surface area contributed by atoms with E-state index in [2.05, 4.69) is 19.1 Å². The lowest BCUT2D eigenvalue weighted by atomic mass is 10.1. The highest BCUT2D eigenvalue weighted by molar-refractivity contribution is 5.83. The predicted octanol–water partition coefficient (Wildman–Crippen LogP) is 3.41. The zero-order valence-electron chi connectivity index (χ0n) is 11.0. The van der Waals surface area contributed by atoms with Gasteiger partial charge in [-0.3, -0.25) is 4.79 Å². The Kier molecular flexibility index (Phi) is 6.20. The molecule has 1 saturated carbocycles. The van der Waals surface area contributed by atoms with E-state index < -0.39 is 0 Å². The maximum Gasteiger partial charge on any atom is 0.136 e. The zero-order chi connectivity index (χ0) is 12.7. The Hall–Kier alpha value is -0.890. The van der Waals surface area contributed by atoms with E-state index in [0.29, 0.717) is 18.1 Å². The van der Waals surface area contributed by atoms with Crippen molar-refractivity contribution in [2.75, 3.05) is 6.61 Å². The fraction of sp³-hybridized carbons (Fsp3) is 0.667. The Balaban J connectivity index is 2.13. The minimum absolute atomic E-state index is 0.151. The van der Waals surface area contributed by atoms with Crippen LogP contribution < -0.4 is 0 Å². The highest BCUT2D eigenvalue weighted by Crippen LogP contribution is 2.31. The maximum absolute atomic E-state index is 11.5. The molecule has 2 nitrogen and oxygen atoms in total. The van der Waals surface area contributed by atoms with Gasteiger partial charge in [0.1, 0.15) is 5.78 Å². The third-order valence-corrected chi connectivity index (χ3v) is 3.20. The first kappa shape index (κ1) is 14.2. The molecular formula is C15H24O2. The van der Waals surface area contributed by atoms with Gasteiger partial charge in [-0.25, -0.2) is 0 Å². The van der Waals surface area contributed by atoms with E-state index in [1.165, 1.54) is 5.57 Å². The van der Waals surface area contributed by atoms with Crippen molar-refractivity contribution in [1.82, 2.24) is 0 Å². The Bertz CT molecular complexity index is 309. The molecule has 0 aromatic rings. The van der Waals surface area contributed by atoms with E-state index in [4.69, 9.17) is 5.11 Å². The Morgan fingerprint density at radius 3 is 2.29 bits per heavy atom. The highest BCUT2D eigenvalue weighted by Gasteiger charge is 2.28. The van der Waals surface area contributed by atoms with Crippen LogP contribution in [0, 0.1) is 5.92 Å². The van der Waals surface area contributed by atoms with Gasteiger partial charge in [0.2, 0.25) is 0 Å². The summed E-state index contributed by atoms with van der Waals surface area (Å²) in [4.78, 5) is 11.5. The van der Waals surface area contributed by atoms with Crippen LogP contribution >= 0.6 is 0 Å². The molecule has 96 valence electrons. The number of hydrogen-bond acceptors (Lipinski definition) is 2. The van der Waals surface area contributed by atoms with Crippen LogP contribution in [0.4, 0.5) is 0 Å². The van der Waals surface area contributed by atoms with Crippen LogP contribution in [0.1, 0.15) is 52.4 Å². The average molecular weight is 236 g/mol. The number of Topliss-reactive ketones (excluding diaryl/α,β-unsaturated/α-hetero) is 1. The number of aliphatic hydroxyl groups excluding tert-OH is 1. The predicted molar refractivity (Wildman–Crippen MR) is 70.8 cm³/mol. The van der Waals surface area contributed by atoms with E-state index in [-0.39, 0.29) is 6.61 Å². The van der Waals surface area contributed by atoms with Crippen molar-refractivity contribution in [1.29, 1.82) is 0 Å². The van der Waals surface area contributed by atoms with Gasteiger partial charge in [0.25, 0.3) is 0 Å². The average Bonchev–Trinajstić information content (AvgIpc) is 3.12. The number of carbonyl (C=O) groups is 1. The number of aliphatic hydroxyl groups is 1. The Morgan fingerprint density at radius 1 is 1.12 bits per heavy atom. The van der Waals surface area contributed by atoms with Crippen LogP contribution in [0.3, 0.4) is 0 Å². The Morgan fingerprint density at radius 2 is 1.71 bits per heavy atom. The first-order valence-electron chi connectivity index (χ1n) is 6.58. The van der Waals surface area contributed by atoms with Gasteiger partial charge in [-0.1, -0.05) is 23.3 Å². The third kappa shape index (κ3) is 6.42. The van der Waals surface area contributed by atoms with E-state index in [0.717, 1.165) is 37.7 Å². The molecule has 17 heavy (non-hydrogen) atoms. The van der Waals surface area contributed by atoms with Crippen LogP contribution in [0.25, 0.3) is 0 Å². The van der Waals surface area contributed by atoms with Crippen molar-refractivity contribution < 1.29 is 9.90 Å². The summed E-state index contributed by atoms with van der Waals surface area (Å²) in [6.07, 6.45) is 10.1. The lowest BCUT2D eigenvalue weighted by Crippen LogP contribution is -1.98. The fourth-order valence-electron chi connectivity index (χ4n) is 1.78. The van der Waals surface area contributed by atoms with Gasteiger partial charge < -0.3 is 5.11 Å². The van der Waals surface area contributed by atoms with Crippen LogP contribution in [0.15, 0.2) is 23.3 Å². The molecule has 1 N–H and O–H groups in total. The molecule has 0 unspecified atom stereocenters. The second-order valence-corrected chi connectivity index (χ2v) is 5.08. The molecule has 1 aliphatic rings. The summed E-state index contributed by atoms with van der Waals surface area (Å²) in [6, 6.07) is 0. The maximum atomic E-state index is 11.5. The largest absolute Gasteiger partial charge is 0.392 e. The fourth-order valence-corrected chi connectivity index (χ4v) is 1.78. The summed E-state index contributed by atoms with van der Waals surface area (Å²) in [7, 11) is 0. The Labute approximate surface area is 104 Å². The van der Waals surface area contributed by atoms with Gasteiger partial charge in [0.15, 0.2) is 0 Å². The summed E-state index contributed by atoms with van der Waals surface area (Å²) in [5.41, 5.74) is 2.37. The summed E-state index contributed by atoms with van der Waals surface area (Å²) >= 11 is 0. The van der Waals surface area contributed by atoms with Crippen molar-refractivity contribution in [3.63, 3.8) is 0 Å². The molecule has 0 aromatic carbocycles. The van der Waals surface area contributed by atoms with Crippen LogP contribution in [-0.2, 0) is 4.79 Å². The van der Waals surface area contributed by atoms with Crippen molar-refractivity contribution in [2.24, 2.45) is 5.92 Å².